The highest BCUT2D eigenvalue weighted by Gasteiger charge is 2.17. The maximum atomic E-state index is 10.9. The van der Waals surface area contributed by atoms with Crippen LogP contribution in [0.5, 0.6) is 11.5 Å². The second-order valence-electron chi connectivity index (χ2n) is 3.27. The van der Waals surface area contributed by atoms with Crippen molar-refractivity contribution in [1.29, 1.82) is 5.26 Å². The van der Waals surface area contributed by atoms with Gasteiger partial charge in [-0.1, -0.05) is 0 Å². The third kappa shape index (κ3) is 2.24. The Kier molecular flexibility index (Phi) is 3.02. The zero-order valence-corrected chi connectivity index (χ0v) is 10.2. The number of hydrogen-bond donors (Lipinski definition) is 1. The van der Waals surface area contributed by atoms with Gasteiger partial charge < -0.3 is 15.2 Å². The van der Waals surface area contributed by atoms with Gasteiger partial charge >= 0.3 is 0 Å². The molecule has 2 N–H and O–H groups in total. The van der Waals surface area contributed by atoms with Crippen LogP contribution < -0.4 is 15.2 Å². The molecular weight excluding hydrogens is 288 g/mol. The summed E-state index contributed by atoms with van der Waals surface area (Å²) >= 11 is 3.31. The molecule has 86 valence electrons. The molecule has 0 saturated carbocycles. The van der Waals surface area contributed by atoms with Crippen LogP contribution in [0.15, 0.2) is 22.2 Å². The van der Waals surface area contributed by atoms with Gasteiger partial charge in [0.2, 0.25) is 6.79 Å². The number of rotatable bonds is 2. The summed E-state index contributed by atoms with van der Waals surface area (Å²) in [5.74, 6) is 0.411. The van der Waals surface area contributed by atoms with Gasteiger partial charge in [0.25, 0.3) is 5.91 Å². The van der Waals surface area contributed by atoms with Crippen molar-refractivity contribution in [3.05, 3.63) is 27.7 Å². The zero-order valence-electron chi connectivity index (χ0n) is 8.57. The lowest BCUT2D eigenvalue weighted by atomic mass is 10.1. The molecule has 0 unspecified atom stereocenters. The van der Waals surface area contributed by atoms with Gasteiger partial charge in [-0.2, -0.15) is 5.26 Å². The number of ether oxygens (including phenoxy) is 2. The predicted molar refractivity (Wildman–Crippen MR) is 63.0 cm³/mol. The average molecular weight is 295 g/mol. The van der Waals surface area contributed by atoms with Crippen molar-refractivity contribution >= 4 is 27.9 Å². The fourth-order valence-electron chi connectivity index (χ4n) is 1.40. The van der Waals surface area contributed by atoms with Crippen molar-refractivity contribution in [2.75, 3.05) is 6.79 Å². The molecule has 1 aromatic rings. The summed E-state index contributed by atoms with van der Waals surface area (Å²) in [4.78, 5) is 10.9. The smallest absolute Gasteiger partial charge is 0.259 e. The van der Waals surface area contributed by atoms with Crippen molar-refractivity contribution in [1.82, 2.24) is 0 Å². The van der Waals surface area contributed by atoms with Gasteiger partial charge in [-0.3, -0.25) is 4.79 Å². The Morgan fingerprint density at radius 3 is 2.94 bits per heavy atom. The molecule has 0 spiro atoms. The van der Waals surface area contributed by atoms with E-state index < -0.39 is 5.91 Å². The highest BCUT2D eigenvalue weighted by Crippen LogP contribution is 2.40. The largest absolute Gasteiger partial charge is 0.454 e. The fourth-order valence-corrected chi connectivity index (χ4v) is 1.97. The molecule has 1 aliphatic heterocycles. The van der Waals surface area contributed by atoms with Crippen molar-refractivity contribution in [3.63, 3.8) is 0 Å². The number of nitrogens with two attached hydrogens (primary N) is 1. The highest BCUT2D eigenvalue weighted by atomic mass is 79.9. The van der Waals surface area contributed by atoms with E-state index in [4.69, 9.17) is 20.5 Å². The minimum atomic E-state index is -0.763. The molecule has 5 nitrogen and oxygen atoms in total. The standard InChI is InChI=1S/C11H7BrN2O3/c12-8-2-6(1-7(4-13)11(14)15)3-9-10(8)17-5-16-9/h1-3H,5H2,(H2,14,15). The molecule has 1 aromatic carbocycles. The van der Waals surface area contributed by atoms with Crippen LogP contribution >= 0.6 is 15.9 Å². The minimum Gasteiger partial charge on any atom is -0.454 e. The SMILES string of the molecule is N#CC(=Cc1cc(Br)c2c(c1)OCO2)C(N)=O. The van der Waals surface area contributed by atoms with E-state index in [1.165, 1.54) is 6.08 Å². The highest BCUT2D eigenvalue weighted by molar-refractivity contribution is 9.10. The molecule has 0 aliphatic carbocycles. The van der Waals surface area contributed by atoms with Crippen LogP contribution in [0.2, 0.25) is 0 Å². The molecule has 0 fully saturated rings. The number of amides is 1. The Morgan fingerprint density at radius 1 is 1.53 bits per heavy atom. The minimum absolute atomic E-state index is 0.115. The lowest BCUT2D eigenvalue weighted by Crippen LogP contribution is -2.12. The summed E-state index contributed by atoms with van der Waals surface area (Å²) in [6, 6.07) is 5.13. The van der Waals surface area contributed by atoms with E-state index in [1.54, 1.807) is 18.2 Å². The van der Waals surface area contributed by atoms with Gasteiger partial charge in [0.15, 0.2) is 11.5 Å². The number of carbonyl (C=O) groups is 1. The monoisotopic (exact) mass is 294 g/mol. The third-order valence-corrected chi connectivity index (χ3v) is 2.74. The molecule has 2 rings (SSSR count). The molecule has 17 heavy (non-hydrogen) atoms. The van der Waals surface area contributed by atoms with Gasteiger partial charge in [0, 0.05) is 0 Å². The maximum absolute atomic E-state index is 10.9. The Labute approximate surface area is 106 Å². The normalized spacial score (nSPS) is 13.3. The molecule has 1 heterocycles. The van der Waals surface area contributed by atoms with E-state index in [2.05, 4.69) is 15.9 Å². The summed E-state index contributed by atoms with van der Waals surface area (Å²) in [7, 11) is 0. The third-order valence-electron chi connectivity index (χ3n) is 2.15. The number of halogens is 1. The molecule has 0 bridgehead atoms. The quantitative estimate of drug-likeness (QED) is 0.663. The number of fused-ring (bicyclic) bond motifs is 1. The predicted octanol–water partition coefficient (Wildman–Crippen LogP) is 1.57. The molecule has 6 heteroatoms. The van der Waals surface area contributed by atoms with Crippen molar-refractivity contribution < 1.29 is 14.3 Å². The molecular formula is C11H7BrN2O3. The van der Waals surface area contributed by atoms with E-state index in [-0.39, 0.29) is 12.4 Å². The molecule has 1 aliphatic rings. The number of nitriles is 1. The van der Waals surface area contributed by atoms with Crippen LogP contribution in [0.4, 0.5) is 0 Å². The first-order chi connectivity index (χ1) is 8.11. The van der Waals surface area contributed by atoms with Crippen molar-refractivity contribution in [2.45, 2.75) is 0 Å². The summed E-state index contributed by atoms with van der Waals surface area (Å²) in [5, 5.41) is 8.73. The van der Waals surface area contributed by atoms with Crippen molar-refractivity contribution in [2.24, 2.45) is 5.73 Å². The summed E-state index contributed by atoms with van der Waals surface area (Å²) in [6.07, 6.45) is 1.40. The van der Waals surface area contributed by atoms with Gasteiger partial charge in [-0.15, -0.1) is 0 Å². The van der Waals surface area contributed by atoms with Crippen LogP contribution in [-0.2, 0) is 4.79 Å². The fraction of sp³-hybridized carbons (Fsp3) is 0.0909. The number of nitrogens with zero attached hydrogens (tertiary/aromatic N) is 1. The Morgan fingerprint density at radius 2 is 2.29 bits per heavy atom. The van der Waals surface area contributed by atoms with E-state index in [0.717, 1.165) is 0 Å². The lowest BCUT2D eigenvalue weighted by molar-refractivity contribution is -0.114. The van der Waals surface area contributed by atoms with E-state index >= 15 is 0 Å². The van der Waals surface area contributed by atoms with E-state index in [1.807, 2.05) is 0 Å². The molecule has 0 atom stereocenters. The summed E-state index contributed by atoms with van der Waals surface area (Å²) < 4.78 is 11.1. The van der Waals surface area contributed by atoms with Crippen LogP contribution in [0, 0.1) is 11.3 Å². The zero-order chi connectivity index (χ0) is 12.4. The summed E-state index contributed by atoms with van der Waals surface area (Å²) in [5.41, 5.74) is 5.57. The molecule has 0 radical (unpaired) electrons. The first-order valence-corrected chi connectivity index (χ1v) is 5.42. The van der Waals surface area contributed by atoms with Crippen LogP contribution in [0.25, 0.3) is 6.08 Å². The number of carbonyl (C=O) groups excluding carboxylic acids is 1. The molecule has 0 saturated heterocycles. The molecule has 0 aromatic heterocycles. The van der Waals surface area contributed by atoms with Crippen LogP contribution in [-0.4, -0.2) is 12.7 Å². The number of benzene rings is 1. The van der Waals surface area contributed by atoms with Gasteiger partial charge in [0.1, 0.15) is 11.6 Å². The van der Waals surface area contributed by atoms with Crippen molar-refractivity contribution in [3.8, 4) is 17.6 Å². The Hall–Kier alpha value is -2.00. The van der Waals surface area contributed by atoms with Gasteiger partial charge in [-0.05, 0) is 39.7 Å². The van der Waals surface area contributed by atoms with E-state index in [9.17, 15) is 4.79 Å². The van der Waals surface area contributed by atoms with Crippen LogP contribution in [0.3, 0.4) is 0 Å². The summed E-state index contributed by atoms with van der Waals surface area (Å²) in [6.45, 7) is 0.155. The molecule has 1 amide bonds. The average Bonchev–Trinajstić information content (AvgIpc) is 2.74. The second kappa shape index (κ2) is 4.47. The topological polar surface area (TPSA) is 85.3 Å². The second-order valence-corrected chi connectivity index (χ2v) is 4.12. The van der Waals surface area contributed by atoms with Crippen LogP contribution in [0.1, 0.15) is 5.56 Å². The number of primary amides is 1. The first-order valence-electron chi connectivity index (χ1n) is 4.62. The van der Waals surface area contributed by atoms with E-state index in [0.29, 0.717) is 21.5 Å². The number of hydrogen-bond acceptors (Lipinski definition) is 4. The van der Waals surface area contributed by atoms with Gasteiger partial charge in [-0.25, -0.2) is 0 Å². The lowest BCUT2D eigenvalue weighted by Gasteiger charge is -2.01. The maximum Gasteiger partial charge on any atom is 0.259 e. The Balaban J connectivity index is 2.45. The first kappa shape index (κ1) is 11.5. The Bertz CT molecular complexity index is 561. The van der Waals surface area contributed by atoms with Gasteiger partial charge in [0.05, 0.1) is 4.47 Å².